The molecule has 2 aromatic rings. The molecule has 3 rings (SSSR count). The van der Waals surface area contributed by atoms with Crippen LogP contribution in [0.5, 0.6) is 0 Å². The molecule has 34 heavy (non-hydrogen) atoms. The van der Waals surface area contributed by atoms with Crippen LogP contribution in [0.4, 0.5) is 4.79 Å². The SMILES string of the molecule is C=Cc1ccc(Cl)cc1-c1ccc([C@]2(O)C[C@@H](C(=O)OC)N(C(=O)OCC[Si](C)(C)C)C2)cc1. The summed E-state index contributed by atoms with van der Waals surface area (Å²) in [6, 6.07) is 12.8. The molecule has 0 aliphatic carbocycles. The summed E-state index contributed by atoms with van der Waals surface area (Å²) >= 11 is 6.18. The number of methoxy groups -OCH3 is 1. The Kier molecular flexibility index (Phi) is 7.90. The van der Waals surface area contributed by atoms with Crippen molar-refractivity contribution in [2.24, 2.45) is 0 Å². The fourth-order valence-electron chi connectivity index (χ4n) is 4.08. The smallest absolute Gasteiger partial charge is 0.410 e. The Morgan fingerprint density at radius 2 is 1.91 bits per heavy atom. The number of ether oxygens (including phenoxy) is 2. The van der Waals surface area contributed by atoms with E-state index in [0.717, 1.165) is 22.7 Å². The highest BCUT2D eigenvalue weighted by Crippen LogP contribution is 2.38. The van der Waals surface area contributed by atoms with Gasteiger partial charge in [0.15, 0.2) is 0 Å². The van der Waals surface area contributed by atoms with Crippen LogP contribution in [-0.4, -0.2) is 56.4 Å². The summed E-state index contributed by atoms with van der Waals surface area (Å²) in [5, 5.41) is 12.1. The Hall–Kier alpha value is -2.61. The molecule has 0 bridgehead atoms. The third-order valence-electron chi connectivity index (χ3n) is 6.09. The van der Waals surface area contributed by atoms with Crippen molar-refractivity contribution in [2.75, 3.05) is 20.3 Å². The van der Waals surface area contributed by atoms with Crippen LogP contribution in [0, 0.1) is 0 Å². The lowest BCUT2D eigenvalue weighted by atomic mass is 9.89. The van der Waals surface area contributed by atoms with Crippen molar-refractivity contribution in [3.05, 3.63) is 65.2 Å². The first kappa shape index (κ1) is 26.0. The summed E-state index contributed by atoms with van der Waals surface area (Å²) in [6.07, 6.45) is 1.17. The Morgan fingerprint density at radius 1 is 1.24 bits per heavy atom. The van der Waals surface area contributed by atoms with E-state index in [4.69, 9.17) is 21.1 Å². The molecule has 1 aliphatic rings. The lowest BCUT2D eigenvalue weighted by Crippen LogP contribution is -2.42. The predicted molar refractivity (Wildman–Crippen MR) is 138 cm³/mol. The van der Waals surface area contributed by atoms with Crippen molar-refractivity contribution < 1.29 is 24.2 Å². The van der Waals surface area contributed by atoms with Crippen LogP contribution in [0.2, 0.25) is 30.7 Å². The van der Waals surface area contributed by atoms with Crippen molar-refractivity contribution in [2.45, 2.75) is 43.7 Å². The molecule has 0 saturated carbocycles. The van der Waals surface area contributed by atoms with E-state index in [0.29, 0.717) is 10.6 Å². The highest BCUT2D eigenvalue weighted by atomic mass is 35.5. The third kappa shape index (κ3) is 5.89. The molecule has 1 fully saturated rings. The molecule has 1 saturated heterocycles. The molecule has 8 heteroatoms. The maximum absolute atomic E-state index is 12.8. The minimum absolute atomic E-state index is 0.0250. The van der Waals surface area contributed by atoms with Gasteiger partial charge >= 0.3 is 12.1 Å². The van der Waals surface area contributed by atoms with Gasteiger partial charge in [-0.3, -0.25) is 4.90 Å². The zero-order valence-corrected chi connectivity index (χ0v) is 21.9. The fourth-order valence-corrected chi connectivity index (χ4v) is 4.96. The zero-order valence-electron chi connectivity index (χ0n) is 20.1. The van der Waals surface area contributed by atoms with E-state index in [2.05, 4.69) is 26.2 Å². The number of hydrogen-bond acceptors (Lipinski definition) is 5. The summed E-state index contributed by atoms with van der Waals surface area (Å²) in [5.41, 5.74) is 1.96. The number of carbonyl (C=O) groups is 2. The van der Waals surface area contributed by atoms with Gasteiger partial charge in [-0.2, -0.15) is 0 Å². The van der Waals surface area contributed by atoms with Crippen molar-refractivity contribution >= 4 is 37.8 Å². The van der Waals surface area contributed by atoms with E-state index < -0.39 is 31.8 Å². The summed E-state index contributed by atoms with van der Waals surface area (Å²) in [4.78, 5) is 26.5. The Morgan fingerprint density at radius 3 is 2.50 bits per heavy atom. The fraction of sp³-hybridized carbons (Fsp3) is 0.385. The number of likely N-dealkylation sites (tertiary alicyclic amines) is 1. The van der Waals surface area contributed by atoms with E-state index in [1.54, 1.807) is 18.2 Å². The van der Waals surface area contributed by atoms with Crippen LogP contribution in [-0.2, 0) is 19.9 Å². The largest absolute Gasteiger partial charge is 0.467 e. The van der Waals surface area contributed by atoms with E-state index >= 15 is 0 Å². The van der Waals surface area contributed by atoms with Gasteiger partial charge in [-0.05, 0) is 40.4 Å². The summed E-state index contributed by atoms with van der Waals surface area (Å²) in [7, 11) is -0.116. The molecule has 6 nitrogen and oxygen atoms in total. The van der Waals surface area contributed by atoms with Crippen molar-refractivity contribution in [3.8, 4) is 11.1 Å². The highest BCUT2D eigenvalue weighted by molar-refractivity contribution is 6.76. The van der Waals surface area contributed by atoms with Gasteiger partial charge < -0.3 is 14.6 Å². The van der Waals surface area contributed by atoms with Crippen LogP contribution in [0.1, 0.15) is 17.5 Å². The van der Waals surface area contributed by atoms with Gasteiger partial charge in [0.2, 0.25) is 0 Å². The van der Waals surface area contributed by atoms with Crippen molar-refractivity contribution in [3.63, 3.8) is 0 Å². The summed E-state index contributed by atoms with van der Waals surface area (Å²) in [6.45, 7) is 10.7. The van der Waals surface area contributed by atoms with Gasteiger partial charge in [-0.15, -0.1) is 0 Å². The molecule has 0 spiro atoms. The summed E-state index contributed by atoms with van der Waals surface area (Å²) in [5.74, 6) is -0.579. The van der Waals surface area contributed by atoms with Crippen molar-refractivity contribution in [1.29, 1.82) is 0 Å². The van der Waals surface area contributed by atoms with Gasteiger partial charge in [-0.25, -0.2) is 9.59 Å². The minimum Gasteiger partial charge on any atom is -0.467 e. The monoisotopic (exact) mass is 501 g/mol. The minimum atomic E-state index is -1.41. The van der Waals surface area contributed by atoms with Gasteiger partial charge in [-0.1, -0.05) is 74.2 Å². The molecule has 1 heterocycles. The molecule has 2 aromatic carbocycles. The van der Waals surface area contributed by atoms with Crippen LogP contribution in [0.25, 0.3) is 17.2 Å². The number of β-amino-alcohol motifs (C(OH)–C–C–N with tert-alkyl or cyclic N) is 1. The molecule has 1 N–H and O–H groups in total. The zero-order chi connectivity index (χ0) is 25.1. The molecule has 1 aliphatic heterocycles. The number of benzene rings is 2. The maximum Gasteiger partial charge on any atom is 0.410 e. The normalized spacial score (nSPS) is 20.2. The van der Waals surface area contributed by atoms with E-state index in [1.807, 2.05) is 30.3 Å². The topological polar surface area (TPSA) is 76.1 Å². The Labute approximate surface area is 207 Å². The van der Waals surface area contributed by atoms with E-state index in [1.165, 1.54) is 12.0 Å². The maximum atomic E-state index is 12.8. The van der Waals surface area contributed by atoms with Gasteiger partial charge in [0.1, 0.15) is 11.6 Å². The molecule has 0 radical (unpaired) electrons. The number of halogens is 1. The van der Waals surface area contributed by atoms with Gasteiger partial charge in [0.25, 0.3) is 0 Å². The number of hydrogen-bond donors (Lipinski definition) is 1. The predicted octanol–water partition coefficient (Wildman–Crippen LogP) is 5.56. The number of amides is 1. The first-order chi connectivity index (χ1) is 16.0. The van der Waals surface area contributed by atoms with Crippen LogP contribution < -0.4 is 0 Å². The lowest BCUT2D eigenvalue weighted by molar-refractivity contribution is -0.145. The number of esters is 1. The Bertz CT molecular complexity index is 1070. The number of carbonyl (C=O) groups excluding carboxylic acids is 2. The van der Waals surface area contributed by atoms with E-state index in [-0.39, 0.29) is 19.6 Å². The second-order valence-corrected chi connectivity index (χ2v) is 15.9. The lowest BCUT2D eigenvalue weighted by Gasteiger charge is -2.25. The van der Waals surface area contributed by atoms with Crippen LogP contribution >= 0.6 is 11.6 Å². The first-order valence-electron chi connectivity index (χ1n) is 11.2. The van der Waals surface area contributed by atoms with Crippen LogP contribution in [0.3, 0.4) is 0 Å². The first-order valence-corrected chi connectivity index (χ1v) is 15.3. The van der Waals surface area contributed by atoms with E-state index in [9.17, 15) is 14.7 Å². The highest BCUT2D eigenvalue weighted by Gasteiger charge is 2.50. The van der Waals surface area contributed by atoms with Gasteiger partial charge in [0.05, 0.1) is 20.3 Å². The second-order valence-electron chi connectivity index (χ2n) is 9.84. The third-order valence-corrected chi connectivity index (χ3v) is 8.03. The standard InChI is InChI=1S/C26H32ClNO5Si/c1-6-18-9-12-21(27)15-22(18)19-7-10-20(11-8-19)26(31)16-23(24(29)32-2)28(17-26)25(30)33-13-14-34(3,4)5/h6-12,15,23,31H,1,13-14,16-17H2,2-5H3/t23-,26-/m0/s1. The number of aliphatic hydroxyl groups is 1. The van der Waals surface area contributed by atoms with Crippen LogP contribution in [0.15, 0.2) is 49.0 Å². The quantitative estimate of drug-likeness (QED) is 0.397. The molecular formula is C26H32ClNO5Si. The average molecular weight is 502 g/mol. The van der Waals surface area contributed by atoms with Gasteiger partial charge in [0, 0.05) is 19.5 Å². The average Bonchev–Trinajstić information content (AvgIpc) is 3.17. The Balaban J connectivity index is 1.83. The summed E-state index contributed by atoms with van der Waals surface area (Å²) < 4.78 is 10.4. The van der Waals surface area contributed by atoms with Crippen molar-refractivity contribution in [1.82, 2.24) is 4.90 Å². The molecular weight excluding hydrogens is 470 g/mol. The number of rotatable bonds is 7. The molecule has 2 atom stereocenters. The molecule has 0 unspecified atom stereocenters. The molecule has 182 valence electrons. The number of nitrogens with zero attached hydrogens (tertiary/aromatic N) is 1. The molecule has 1 amide bonds. The second kappa shape index (κ2) is 10.3. The molecule has 0 aromatic heterocycles.